The van der Waals surface area contributed by atoms with Gasteiger partial charge in [0.05, 0.1) is 10.7 Å². The topological polar surface area (TPSA) is 72.2 Å². The van der Waals surface area contributed by atoms with E-state index < -0.39 is 10.0 Å². The molecule has 2 aromatic carbocycles. The van der Waals surface area contributed by atoms with E-state index in [0.29, 0.717) is 10.0 Å². The van der Waals surface area contributed by atoms with Crippen LogP contribution >= 0.6 is 39.7 Å². The van der Waals surface area contributed by atoms with E-state index in [1.54, 1.807) is 30.3 Å². The van der Waals surface area contributed by atoms with Crippen LogP contribution in [0.15, 0.2) is 51.8 Å². The summed E-state index contributed by atoms with van der Waals surface area (Å²) in [6, 6.07) is 11.1. The molecule has 0 bridgehead atoms. The molecule has 2 rings (SSSR count). The molecular weight excluding hydrogens is 396 g/mol. The Balaban J connectivity index is 2.49. The lowest BCUT2D eigenvalue weighted by atomic mass is 10.2. The van der Waals surface area contributed by atoms with Gasteiger partial charge in [-0.3, -0.25) is 4.72 Å². The standard InChI is InChI=1S/C13H10BrClN2O2S2/c14-8-5-6-9(13(16)20)11(7-8)17-21(18,19)12-4-2-1-3-10(12)15/h1-7,17H,(H2,16,20). The molecule has 0 aliphatic heterocycles. The number of halogens is 2. The summed E-state index contributed by atoms with van der Waals surface area (Å²) in [5, 5.41) is 0.136. The van der Waals surface area contributed by atoms with Gasteiger partial charge in [0.25, 0.3) is 10.0 Å². The van der Waals surface area contributed by atoms with Gasteiger partial charge in [-0.15, -0.1) is 0 Å². The number of hydrogen-bond donors (Lipinski definition) is 2. The van der Waals surface area contributed by atoms with Crippen molar-refractivity contribution in [3.8, 4) is 0 Å². The molecule has 0 aliphatic rings. The molecule has 0 aromatic heterocycles. The van der Waals surface area contributed by atoms with Crippen molar-refractivity contribution in [2.45, 2.75) is 4.90 Å². The summed E-state index contributed by atoms with van der Waals surface area (Å²) in [7, 11) is -3.83. The Hall–Kier alpha value is -1.15. The fraction of sp³-hybridized carbons (Fsp3) is 0. The van der Waals surface area contributed by atoms with E-state index >= 15 is 0 Å². The van der Waals surface area contributed by atoms with Gasteiger partial charge in [-0.25, -0.2) is 8.42 Å². The zero-order valence-electron chi connectivity index (χ0n) is 10.5. The monoisotopic (exact) mass is 404 g/mol. The molecule has 0 saturated heterocycles. The van der Waals surface area contributed by atoms with Gasteiger partial charge in [-0.2, -0.15) is 0 Å². The lowest BCUT2D eigenvalue weighted by Gasteiger charge is -2.13. The molecule has 0 atom stereocenters. The molecule has 3 N–H and O–H groups in total. The van der Waals surface area contributed by atoms with Crippen LogP contribution in [0.1, 0.15) is 5.56 Å². The molecule has 8 heteroatoms. The van der Waals surface area contributed by atoms with E-state index in [1.807, 2.05) is 0 Å². The number of anilines is 1. The highest BCUT2D eigenvalue weighted by atomic mass is 79.9. The Morgan fingerprint density at radius 2 is 1.90 bits per heavy atom. The zero-order chi connectivity index (χ0) is 15.6. The summed E-state index contributed by atoms with van der Waals surface area (Å²) in [4.78, 5) is 0.0832. The molecular formula is C13H10BrClN2O2S2. The van der Waals surface area contributed by atoms with Gasteiger partial charge in [0.15, 0.2) is 0 Å². The lowest BCUT2D eigenvalue weighted by Crippen LogP contribution is -2.18. The van der Waals surface area contributed by atoms with Crippen LogP contribution in [-0.2, 0) is 10.0 Å². The number of benzene rings is 2. The normalized spacial score (nSPS) is 11.1. The first-order valence-electron chi connectivity index (χ1n) is 5.68. The Morgan fingerprint density at radius 3 is 2.52 bits per heavy atom. The first-order valence-corrected chi connectivity index (χ1v) is 8.74. The maximum Gasteiger partial charge on any atom is 0.263 e. The number of thiocarbonyl (C=S) groups is 1. The third kappa shape index (κ3) is 3.74. The van der Waals surface area contributed by atoms with E-state index in [2.05, 4.69) is 20.7 Å². The fourth-order valence-corrected chi connectivity index (χ4v) is 3.81. The van der Waals surface area contributed by atoms with Crippen molar-refractivity contribution in [1.29, 1.82) is 0 Å². The van der Waals surface area contributed by atoms with Crippen molar-refractivity contribution >= 4 is 60.4 Å². The first kappa shape index (κ1) is 16.2. The number of nitrogens with one attached hydrogen (secondary N) is 1. The minimum Gasteiger partial charge on any atom is -0.389 e. The van der Waals surface area contributed by atoms with Crippen molar-refractivity contribution in [2.24, 2.45) is 5.73 Å². The van der Waals surface area contributed by atoms with Crippen LogP contribution in [0.5, 0.6) is 0 Å². The predicted molar refractivity (Wildman–Crippen MR) is 92.3 cm³/mol. The fourth-order valence-electron chi connectivity index (χ4n) is 1.68. The SMILES string of the molecule is NC(=S)c1ccc(Br)cc1NS(=O)(=O)c1ccccc1Cl. The van der Waals surface area contributed by atoms with Crippen molar-refractivity contribution < 1.29 is 8.42 Å². The first-order chi connectivity index (χ1) is 9.81. The molecule has 0 unspecified atom stereocenters. The summed E-state index contributed by atoms with van der Waals surface area (Å²) in [6.45, 7) is 0. The highest BCUT2D eigenvalue weighted by Gasteiger charge is 2.19. The molecule has 0 spiro atoms. The van der Waals surface area contributed by atoms with E-state index in [4.69, 9.17) is 29.6 Å². The molecule has 0 fully saturated rings. The van der Waals surface area contributed by atoms with Gasteiger partial charge in [-0.1, -0.05) is 51.9 Å². The van der Waals surface area contributed by atoms with Gasteiger partial charge in [0.1, 0.15) is 9.88 Å². The lowest BCUT2D eigenvalue weighted by molar-refractivity contribution is 0.601. The maximum atomic E-state index is 12.4. The molecule has 0 amide bonds. The summed E-state index contributed by atoms with van der Waals surface area (Å²) < 4.78 is 28.0. The van der Waals surface area contributed by atoms with Crippen molar-refractivity contribution in [3.63, 3.8) is 0 Å². The largest absolute Gasteiger partial charge is 0.389 e. The molecule has 0 radical (unpaired) electrons. The van der Waals surface area contributed by atoms with Crippen LogP contribution < -0.4 is 10.5 Å². The minimum atomic E-state index is -3.83. The summed E-state index contributed by atoms with van der Waals surface area (Å²) in [5.41, 5.74) is 6.33. The van der Waals surface area contributed by atoms with E-state index in [-0.39, 0.29) is 20.6 Å². The molecule has 110 valence electrons. The average molecular weight is 406 g/mol. The van der Waals surface area contributed by atoms with Gasteiger partial charge in [-0.05, 0) is 30.3 Å². The van der Waals surface area contributed by atoms with Crippen molar-refractivity contribution in [2.75, 3.05) is 4.72 Å². The smallest absolute Gasteiger partial charge is 0.263 e. The Kier molecular flexibility index (Phi) is 4.88. The molecule has 2 aromatic rings. The molecule has 0 saturated carbocycles. The average Bonchev–Trinajstić information content (AvgIpc) is 2.38. The number of hydrogen-bond acceptors (Lipinski definition) is 3. The summed E-state index contributed by atoms with van der Waals surface area (Å²) >= 11 is 14.1. The second-order valence-corrected chi connectivity index (χ2v) is 7.50. The minimum absolute atomic E-state index is 0.0134. The van der Waals surface area contributed by atoms with Gasteiger partial charge in [0, 0.05) is 10.0 Å². The zero-order valence-corrected chi connectivity index (χ0v) is 14.5. The van der Waals surface area contributed by atoms with E-state index in [0.717, 1.165) is 0 Å². The summed E-state index contributed by atoms with van der Waals surface area (Å²) in [5.74, 6) is 0. The van der Waals surface area contributed by atoms with Crippen molar-refractivity contribution in [3.05, 3.63) is 57.5 Å². The predicted octanol–water partition coefficient (Wildman–Crippen LogP) is 3.54. The number of nitrogens with two attached hydrogens (primary N) is 1. The van der Waals surface area contributed by atoms with Gasteiger partial charge < -0.3 is 5.73 Å². The third-order valence-electron chi connectivity index (χ3n) is 2.62. The van der Waals surface area contributed by atoms with Crippen LogP contribution in [0.4, 0.5) is 5.69 Å². The van der Waals surface area contributed by atoms with Crippen molar-refractivity contribution in [1.82, 2.24) is 0 Å². The maximum absolute atomic E-state index is 12.4. The van der Waals surface area contributed by atoms with Crippen LogP contribution in [-0.4, -0.2) is 13.4 Å². The number of rotatable bonds is 4. The van der Waals surface area contributed by atoms with E-state index in [9.17, 15) is 8.42 Å². The number of sulfonamides is 1. The van der Waals surface area contributed by atoms with Crippen LogP contribution in [0, 0.1) is 0 Å². The Bertz CT molecular complexity index is 810. The van der Waals surface area contributed by atoms with E-state index in [1.165, 1.54) is 12.1 Å². The molecule has 4 nitrogen and oxygen atoms in total. The molecule has 0 aliphatic carbocycles. The second-order valence-electron chi connectivity index (χ2n) is 4.09. The third-order valence-corrected chi connectivity index (χ3v) is 5.20. The second kappa shape index (κ2) is 6.31. The Morgan fingerprint density at radius 1 is 1.24 bits per heavy atom. The molecule has 0 heterocycles. The summed E-state index contributed by atoms with van der Waals surface area (Å²) in [6.07, 6.45) is 0. The van der Waals surface area contributed by atoms with Gasteiger partial charge >= 0.3 is 0 Å². The highest BCUT2D eigenvalue weighted by Crippen LogP contribution is 2.27. The van der Waals surface area contributed by atoms with Gasteiger partial charge in [0.2, 0.25) is 0 Å². The van der Waals surface area contributed by atoms with Crippen LogP contribution in [0.2, 0.25) is 5.02 Å². The highest BCUT2D eigenvalue weighted by molar-refractivity contribution is 9.10. The van der Waals surface area contributed by atoms with Crippen LogP contribution in [0.25, 0.3) is 0 Å². The molecule has 21 heavy (non-hydrogen) atoms. The quantitative estimate of drug-likeness (QED) is 0.763. The Labute approximate surface area is 141 Å². The van der Waals surface area contributed by atoms with Crippen LogP contribution in [0.3, 0.4) is 0 Å².